The third kappa shape index (κ3) is 3.35. The molecule has 2 aromatic rings. The minimum Gasteiger partial charge on any atom is -0.455 e. The van der Waals surface area contributed by atoms with Crippen molar-refractivity contribution in [1.82, 2.24) is 0 Å². The number of hydrogen-bond acceptors (Lipinski definition) is 6. The second-order valence-corrected chi connectivity index (χ2v) is 7.52. The summed E-state index contributed by atoms with van der Waals surface area (Å²) in [6.45, 7) is 1.93. The summed E-state index contributed by atoms with van der Waals surface area (Å²) in [4.78, 5) is 11.9. The van der Waals surface area contributed by atoms with Crippen LogP contribution in [0.2, 0.25) is 0 Å². The number of rotatable bonds is 5. The number of ketones is 1. The number of carbonyl (C=O) groups is 1. The fraction of sp³-hybridized carbons (Fsp3) is 0.188. The third-order valence-corrected chi connectivity index (χ3v) is 5.50. The van der Waals surface area contributed by atoms with Gasteiger partial charge in [0.1, 0.15) is 16.9 Å². The molecule has 0 amide bonds. The highest BCUT2D eigenvalue weighted by Crippen LogP contribution is 2.33. The van der Waals surface area contributed by atoms with Crippen molar-refractivity contribution >= 4 is 27.2 Å². The van der Waals surface area contributed by atoms with Crippen molar-refractivity contribution in [3.63, 3.8) is 0 Å². The van der Waals surface area contributed by atoms with E-state index >= 15 is 0 Å². The van der Waals surface area contributed by atoms with Gasteiger partial charge in [0, 0.05) is 5.56 Å². The summed E-state index contributed by atoms with van der Waals surface area (Å²) in [6, 6.07) is 8.76. The first-order valence-corrected chi connectivity index (χ1v) is 9.33. The second kappa shape index (κ2) is 6.39. The SMILES string of the molecule is Cc1ccccc1C1OC=C(CC(=O)c2sccc2S(=O)(=O)O)O1. The molecule has 0 bridgehead atoms. The molecule has 24 heavy (non-hydrogen) atoms. The summed E-state index contributed by atoms with van der Waals surface area (Å²) >= 11 is 0.955. The van der Waals surface area contributed by atoms with Gasteiger partial charge in [-0.15, -0.1) is 11.3 Å². The number of hydrogen-bond donors (Lipinski definition) is 1. The zero-order valence-corrected chi connectivity index (χ0v) is 14.3. The first kappa shape index (κ1) is 16.7. The molecule has 0 fully saturated rings. The van der Waals surface area contributed by atoms with Crippen LogP contribution >= 0.6 is 11.3 Å². The maximum absolute atomic E-state index is 12.3. The quantitative estimate of drug-likeness (QED) is 0.644. The molecule has 0 aliphatic carbocycles. The van der Waals surface area contributed by atoms with Crippen LogP contribution in [0.1, 0.15) is 33.5 Å². The summed E-state index contributed by atoms with van der Waals surface area (Å²) in [7, 11) is -4.43. The lowest BCUT2D eigenvalue weighted by Crippen LogP contribution is -2.07. The molecule has 6 nitrogen and oxygen atoms in total. The van der Waals surface area contributed by atoms with Crippen LogP contribution in [-0.2, 0) is 19.6 Å². The van der Waals surface area contributed by atoms with Gasteiger partial charge in [0.2, 0.25) is 0 Å². The molecule has 1 N–H and O–H groups in total. The first-order valence-electron chi connectivity index (χ1n) is 7.01. The van der Waals surface area contributed by atoms with Gasteiger partial charge in [0.05, 0.1) is 11.3 Å². The largest absolute Gasteiger partial charge is 0.455 e. The molecule has 0 saturated carbocycles. The van der Waals surface area contributed by atoms with E-state index in [4.69, 9.17) is 14.0 Å². The van der Waals surface area contributed by atoms with Crippen molar-refractivity contribution < 1.29 is 27.2 Å². The van der Waals surface area contributed by atoms with Gasteiger partial charge in [-0.2, -0.15) is 8.42 Å². The minimum absolute atomic E-state index is 0.0265. The molecule has 8 heteroatoms. The molecule has 1 aromatic carbocycles. The lowest BCUT2D eigenvalue weighted by Gasteiger charge is -2.14. The lowest BCUT2D eigenvalue weighted by molar-refractivity contribution is -0.0352. The molecule has 1 unspecified atom stereocenters. The molecule has 1 aliphatic heterocycles. The summed E-state index contributed by atoms with van der Waals surface area (Å²) in [5.74, 6) is -0.152. The van der Waals surface area contributed by atoms with Crippen LogP contribution in [0.5, 0.6) is 0 Å². The Balaban J connectivity index is 1.71. The van der Waals surface area contributed by atoms with Crippen molar-refractivity contribution in [3.8, 4) is 0 Å². The van der Waals surface area contributed by atoms with Crippen molar-refractivity contribution in [2.75, 3.05) is 0 Å². The smallest absolute Gasteiger partial charge is 0.296 e. The van der Waals surface area contributed by atoms with E-state index in [1.807, 2.05) is 31.2 Å². The number of benzene rings is 1. The molecule has 3 rings (SSSR count). The minimum atomic E-state index is -4.43. The van der Waals surface area contributed by atoms with Gasteiger partial charge in [-0.1, -0.05) is 24.3 Å². The fourth-order valence-corrected chi connectivity index (χ4v) is 4.21. The standard InChI is InChI=1S/C16H14O6S2/c1-10-4-2-3-5-12(10)16-21-9-11(22-16)8-13(17)15-14(6-7-23-15)24(18,19)20/h2-7,9,16H,8H2,1H3,(H,18,19,20). The molecule has 126 valence electrons. The Morgan fingerprint density at radius 2 is 2.04 bits per heavy atom. The monoisotopic (exact) mass is 366 g/mol. The number of aryl methyl sites for hydroxylation is 1. The molecular formula is C16H14O6S2. The van der Waals surface area contributed by atoms with E-state index in [0.717, 1.165) is 22.5 Å². The van der Waals surface area contributed by atoms with Crippen LogP contribution in [0.15, 0.2) is 52.6 Å². The average Bonchev–Trinajstić information content (AvgIpc) is 3.16. The molecule has 0 radical (unpaired) electrons. The number of carbonyl (C=O) groups excluding carboxylic acids is 1. The van der Waals surface area contributed by atoms with Crippen molar-refractivity contribution in [2.24, 2.45) is 0 Å². The normalized spacial score (nSPS) is 17.1. The van der Waals surface area contributed by atoms with Crippen LogP contribution in [0, 0.1) is 6.92 Å². The maximum Gasteiger partial charge on any atom is 0.296 e. The van der Waals surface area contributed by atoms with E-state index in [-0.39, 0.29) is 16.2 Å². The zero-order chi connectivity index (χ0) is 17.3. The van der Waals surface area contributed by atoms with E-state index in [0.29, 0.717) is 5.76 Å². The van der Waals surface area contributed by atoms with Crippen molar-refractivity contribution in [2.45, 2.75) is 24.5 Å². The van der Waals surface area contributed by atoms with Crippen LogP contribution in [0.3, 0.4) is 0 Å². The Kier molecular flexibility index (Phi) is 4.44. The van der Waals surface area contributed by atoms with Gasteiger partial charge in [0.15, 0.2) is 5.78 Å². The van der Waals surface area contributed by atoms with Crippen LogP contribution < -0.4 is 0 Å². The van der Waals surface area contributed by atoms with E-state index in [9.17, 15) is 13.2 Å². The molecule has 0 spiro atoms. The lowest BCUT2D eigenvalue weighted by atomic mass is 10.1. The third-order valence-electron chi connectivity index (χ3n) is 3.52. The Bertz CT molecular complexity index is 910. The molecule has 0 saturated heterocycles. The summed E-state index contributed by atoms with van der Waals surface area (Å²) in [6.07, 6.45) is 0.583. The van der Waals surface area contributed by atoms with Gasteiger partial charge in [-0.05, 0) is 23.9 Å². The van der Waals surface area contributed by atoms with E-state index < -0.39 is 22.2 Å². The topological polar surface area (TPSA) is 89.9 Å². The second-order valence-electron chi connectivity index (χ2n) is 5.22. The number of Topliss-reactive ketones (excluding diaryl/α,β-unsaturated/α-hetero) is 1. The van der Waals surface area contributed by atoms with Crippen LogP contribution in [0.4, 0.5) is 0 Å². The predicted octanol–water partition coefficient (Wildman–Crippen LogP) is 3.46. The van der Waals surface area contributed by atoms with E-state index in [1.54, 1.807) is 0 Å². The Labute approximate surface area is 143 Å². The van der Waals surface area contributed by atoms with E-state index in [1.165, 1.54) is 17.7 Å². The van der Waals surface area contributed by atoms with Gasteiger partial charge >= 0.3 is 0 Å². The van der Waals surface area contributed by atoms with Gasteiger partial charge in [0.25, 0.3) is 16.4 Å². The fourth-order valence-electron chi connectivity index (χ4n) is 2.34. The summed E-state index contributed by atoms with van der Waals surface area (Å²) < 4.78 is 42.8. The molecule has 1 aliphatic rings. The predicted molar refractivity (Wildman–Crippen MR) is 87.3 cm³/mol. The van der Waals surface area contributed by atoms with E-state index in [2.05, 4.69) is 0 Å². The molecule has 1 aromatic heterocycles. The van der Waals surface area contributed by atoms with Gasteiger partial charge in [-0.3, -0.25) is 9.35 Å². The van der Waals surface area contributed by atoms with Gasteiger partial charge in [-0.25, -0.2) is 0 Å². The maximum atomic E-state index is 12.3. The summed E-state index contributed by atoms with van der Waals surface area (Å²) in [5, 5.41) is 1.44. The number of allylic oxidation sites excluding steroid dienone is 1. The summed E-state index contributed by atoms with van der Waals surface area (Å²) in [5.41, 5.74) is 1.85. The average molecular weight is 366 g/mol. The van der Waals surface area contributed by atoms with Crippen LogP contribution in [0.25, 0.3) is 0 Å². The number of ether oxygens (including phenoxy) is 2. The molecule has 2 heterocycles. The van der Waals surface area contributed by atoms with Crippen molar-refractivity contribution in [3.05, 3.63) is 63.7 Å². The van der Waals surface area contributed by atoms with Crippen LogP contribution in [-0.4, -0.2) is 18.8 Å². The molecular weight excluding hydrogens is 352 g/mol. The Morgan fingerprint density at radius 3 is 2.75 bits per heavy atom. The van der Waals surface area contributed by atoms with Crippen molar-refractivity contribution in [1.29, 1.82) is 0 Å². The highest BCUT2D eigenvalue weighted by atomic mass is 32.2. The van der Waals surface area contributed by atoms with Gasteiger partial charge < -0.3 is 9.47 Å². The first-order chi connectivity index (χ1) is 11.4. The highest BCUT2D eigenvalue weighted by Gasteiger charge is 2.27. The highest BCUT2D eigenvalue weighted by molar-refractivity contribution is 7.86. The molecule has 1 atom stereocenters. The zero-order valence-electron chi connectivity index (χ0n) is 12.6. The Hall–Kier alpha value is -2.16. The Morgan fingerprint density at radius 1 is 1.29 bits per heavy atom. The number of thiophene rings is 1.